The molecule has 1 N–H and O–H groups in total. The molecule has 1 amide bonds. The first-order valence-corrected chi connectivity index (χ1v) is 8.23. The SMILES string of the molecule is C[C@H]1CCC/C(=N/NC(=O)c2ccc(-c3ccccc3)cc2)C1. The van der Waals surface area contributed by atoms with Crippen molar-refractivity contribution in [3.8, 4) is 11.1 Å². The van der Waals surface area contributed by atoms with Gasteiger partial charge in [-0.2, -0.15) is 5.10 Å². The first-order valence-electron chi connectivity index (χ1n) is 8.23. The molecule has 0 bridgehead atoms. The molecule has 1 fully saturated rings. The summed E-state index contributed by atoms with van der Waals surface area (Å²) in [6.07, 6.45) is 4.42. The highest BCUT2D eigenvalue weighted by Crippen LogP contribution is 2.21. The normalized spacial score (nSPS) is 19.5. The molecule has 1 aliphatic carbocycles. The predicted molar refractivity (Wildman–Crippen MR) is 94.4 cm³/mol. The van der Waals surface area contributed by atoms with Gasteiger partial charge in [-0.05, 0) is 54.9 Å². The summed E-state index contributed by atoms with van der Waals surface area (Å²) in [5.74, 6) is 0.528. The molecule has 0 spiro atoms. The Morgan fingerprint density at radius 3 is 2.43 bits per heavy atom. The molecule has 0 saturated heterocycles. The fourth-order valence-electron chi connectivity index (χ4n) is 3.00. The summed E-state index contributed by atoms with van der Waals surface area (Å²) in [6.45, 7) is 2.23. The Balaban J connectivity index is 1.65. The lowest BCUT2D eigenvalue weighted by molar-refractivity contribution is 0.0954. The number of rotatable bonds is 3. The lowest BCUT2D eigenvalue weighted by atomic mass is 9.89. The lowest BCUT2D eigenvalue weighted by Gasteiger charge is -2.18. The van der Waals surface area contributed by atoms with E-state index in [1.807, 2.05) is 42.5 Å². The summed E-state index contributed by atoms with van der Waals surface area (Å²) >= 11 is 0. The van der Waals surface area contributed by atoms with Gasteiger partial charge >= 0.3 is 0 Å². The molecule has 1 saturated carbocycles. The average Bonchev–Trinajstić information content (AvgIpc) is 2.61. The molecule has 1 atom stereocenters. The maximum atomic E-state index is 12.2. The fraction of sp³-hybridized carbons (Fsp3) is 0.300. The smallest absolute Gasteiger partial charge is 0.267 e. The molecule has 1 aliphatic rings. The first kappa shape index (κ1) is 15.5. The predicted octanol–water partition coefficient (Wildman–Crippen LogP) is 4.65. The highest BCUT2D eigenvalue weighted by molar-refractivity contribution is 5.96. The van der Waals surface area contributed by atoms with Crippen LogP contribution in [0, 0.1) is 5.92 Å². The molecule has 118 valence electrons. The standard InChI is InChI=1S/C20H22N2O/c1-15-6-5-9-19(14-15)21-22-20(23)18-12-10-17(11-13-18)16-7-3-2-4-8-16/h2-4,7-8,10-13,15H,5-6,9,14H2,1H3,(H,22,23)/b21-19-/t15-/m0/s1. The molecular formula is C20H22N2O. The van der Waals surface area contributed by atoms with E-state index in [-0.39, 0.29) is 5.91 Å². The van der Waals surface area contributed by atoms with Crippen LogP contribution in [0.25, 0.3) is 11.1 Å². The maximum absolute atomic E-state index is 12.2. The molecule has 2 aromatic rings. The Hall–Kier alpha value is -2.42. The van der Waals surface area contributed by atoms with Gasteiger partial charge in [0.15, 0.2) is 0 Å². The molecule has 0 aliphatic heterocycles. The Bertz CT molecular complexity index is 689. The number of amides is 1. The second kappa shape index (κ2) is 7.23. The van der Waals surface area contributed by atoms with Crippen LogP contribution in [0.5, 0.6) is 0 Å². The van der Waals surface area contributed by atoms with E-state index in [1.165, 1.54) is 12.8 Å². The highest BCUT2D eigenvalue weighted by Gasteiger charge is 2.14. The van der Waals surface area contributed by atoms with Gasteiger partial charge in [-0.1, -0.05) is 49.4 Å². The van der Waals surface area contributed by atoms with Crippen LogP contribution >= 0.6 is 0 Å². The Kier molecular flexibility index (Phi) is 4.86. The summed E-state index contributed by atoms with van der Waals surface area (Å²) in [5, 5.41) is 4.31. The van der Waals surface area contributed by atoms with Crippen LogP contribution in [0.3, 0.4) is 0 Å². The van der Waals surface area contributed by atoms with Crippen molar-refractivity contribution in [3.05, 3.63) is 60.2 Å². The maximum Gasteiger partial charge on any atom is 0.271 e. The zero-order valence-corrected chi connectivity index (χ0v) is 13.5. The van der Waals surface area contributed by atoms with E-state index in [0.29, 0.717) is 11.5 Å². The van der Waals surface area contributed by atoms with Gasteiger partial charge in [-0.25, -0.2) is 5.43 Å². The summed E-state index contributed by atoms with van der Waals surface area (Å²) in [5.41, 5.74) is 6.70. The second-order valence-electron chi connectivity index (χ2n) is 6.26. The van der Waals surface area contributed by atoms with Crippen molar-refractivity contribution in [3.63, 3.8) is 0 Å². The molecule has 0 aromatic heterocycles. The van der Waals surface area contributed by atoms with E-state index in [0.717, 1.165) is 29.7 Å². The molecule has 0 unspecified atom stereocenters. The Morgan fingerprint density at radius 2 is 1.74 bits per heavy atom. The van der Waals surface area contributed by atoms with Gasteiger partial charge in [-0.15, -0.1) is 0 Å². The molecule has 2 aromatic carbocycles. The van der Waals surface area contributed by atoms with Crippen molar-refractivity contribution in [2.45, 2.75) is 32.6 Å². The van der Waals surface area contributed by atoms with Gasteiger partial charge in [0.05, 0.1) is 0 Å². The molecular weight excluding hydrogens is 284 g/mol. The Morgan fingerprint density at radius 1 is 1.04 bits per heavy atom. The number of hydrogen-bond acceptors (Lipinski definition) is 2. The van der Waals surface area contributed by atoms with Crippen molar-refractivity contribution in [2.24, 2.45) is 11.0 Å². The van der Waals surface area contributed by atoms with Gasteiger partial charge in [-0.3, -0.25) is 4.79 Å². The quantitative estimate of drug-likeness (QED) is 0.824. The van der Waals surface area contributed by atoms with Crippen LogP contribution in [0.1, 0.15) is 43.0 Å². The van der Waals surface area contributed by atoms with Crippen LogP contribution in [-0.4, -0.2) is 11.6 Å². The molecule has 3 rings (SSSR count). The topological polar surface area (TPSA) is 41.5 Å². The number of carbonyl (C=O) groups is 1. The summed E-state index contributed by atoms with van der Waals surface area (Å²) in [7, 11) is 0. The minimum atomic E-state index is -0.143. The summed E-state index contributed by atoms with van der Waals surface area (Å²) in [4.78, 5) is 12.2. The second-order valence-corrected chi connectivity index (χ2v) is 6.26. The number of hydrazone groups is 1. The van der Waals surface area contributed by atoms with E-state index in [4.69, 9.17) is 0 Å². The van der Waals surface area contributed by atoms with Gasteiger partial charge in [0, 0.05) is 11.3 Å². The highest BCUT2D eigenvalue weighted by atomic mass is 16.2. The van der Waals surface area contributed by atoms with Gasteiger partial charge in [0.2, 0.25) is 0 Å². The number of benzene rings is 2. The number of nitrogens with one attached hydrogen (secondary N) is 1. The van der Waals surface area contributed by atoms with Gasteiger partial charge < -0.3 is 0 Å². The van der Waals surface area contributed by atoms with Crippen molar-refractivity contribution < 1.29 is 4.79 Å². The average molecular weight is 306 g/mol. The van der Waals surface area contributed by atoms with Crippen LogP contribution in [0.4, 0.5) is 0 Å². The third kappa shape index (κ3) is 4.07. The first-order chi connectivity index (χ1) is 11.2. The van der Waals surface area contributed by atoms with E-state index in [1.54, 1.807) is 0 Å². The van der Waals surface area contributed by atoms with E-state index >= 15 is 0 Å². The number of nitrogens with zero attached hydrogens (tertiary/aromatic N) is 1. The summed E-state index contributed by atoms with van der Waals surface area (Å²) in [6, 6.07) is 17.8. The van der Waals surface area contributed by atoms with E-state index in [9.17, 15) is 4.79 Å². The molecule has 0 radical (unpaired) electrons. The van der Waals surface area contributed by atoms with E-state index < -0.39 is 0 Å². The summed E-state index contributed by atoms with van der Waals surface area (Å²) < 4.78 is 0. The van der Waals surface area contributed by atoms with Crippen molar-refractivity contribution >= 4 is 11.6 Å². The molecule has 3 heteroatoms. The zero-order chi connectivity index (χ0) is 16.1. The molecule has 23 heavy (non-hydrogen) atoms. The third-order valence-electron chi connectivity index (χ3n) is 4.32. The molecule has 3 nitrogen and oxygen atoms in total. The number of hydrogen-bond donors (Lipinski definition) is 1. The fourth-order valence-corrected chi connectivity index (χ4v) is 3.00. The van der Waals surface area contributed by atoms with Crippen molar-refractivity contribution in [1.82, 2.24) is 5.43 Å². The molecule has 0 heterocycles. The zero-order valence-electron chi connectivity index (χ0n) is 13.5. The van der Waals surface area contributed by atoms with Crippen LogP contribution in [0.2, 0.25) is 0 Å². The van der Waals surface area contributed by atoms with Gasteiger partial charge in [0.25, 0.3) is 5.91 Å². The van der Waals surface area contributed by atoms with Crippen molar-refractivity contribution in [2.75, 3.05) is 0 Å². The Labute approximate surface area is 137 Å². The van der Waals surface area contributed by atoms with Crippen LogP contribution in [-0.2, 0) is 0 Å². The number of carbonyl (C=O) groups excluding carboxylic acids is 1. The van der Waals surface area contributed by atoms with Gasteiger partial charge in [0.1, 0.15) is 0 Å². The largest absolute Gasteiger partial charge is 0.271 e. The van der Waals surface area contributed by atoms with E-state index in [2.05, 4.69) is 29.6 Å². The lowest BCUT2D eigenvalue weighted by Crippen LogP contribution is -2.22. The van der Waals surface area contributed by atoms with Crippen LogP contribution < -0.4 is 5.43 Å². The van der Waals surface area contributed by atoms with Crippen molar-refractivity contribution in [1.29, 1.82) is 0 Å². The minimum Gasteiger partial charge on any atom is -0.267 e. The van der Waals surface area contributed by atoms with Crippen LogP contribution in [0.15, 0.2) is 59.7 Å². The minimum absolute atomic E-state index is 0.143. The monoisotopic (exact) mass is 306 g/mol. The third-order valence-corrected chi connectivity index (χ3v) is 4.32.